The molecule has 3 heteroatoms. The molecule has 2 N–H and O–H groups in total. The van der Waals surface area contributed by atoms with Crippen LogP contribution in [0.4, 0.5) is 11.4 Å². The minimum absolute atomic E-state index is 0.563. The molecule has 1 aliphatic carbocycles. The van der Waals surface area contributed by atoms with Crippen LogP contribution in [0, 0.1) is 23.2 Å². The van der Waals surface area contributed by atoms with Gasteiger partial charge in [-0.3, -0.25) is 0 Å². The van der Waals surface area contributed by atoms with Gasteiger partial charge in [-0.1, -0.05) is 13.0 Å². The van der Waals surface area contributed by atoms with Gasteiger partial charge in [-0.2, -0.15) is 5.26 Å². The number of nitrogens with two attached hydrogens (primary N) is 1. The molecule has 16 heavy (non-hydrogen) atoms. The van der Waals surface area contributed by atoms with E-state index >= 15 is 0 Å². The van der Waals surface area contributed by atoms with Crippen molar-refractivity contribution in [1.82, 2.24) is 0 Å². The molecule has 1 aromatic carbocycles. The van der Waals surface area contributed by atoms with Crippen LogP contribution < -0.4 is 10.6 Å². The summed E-state index contributed by atoms with van der Waals surface area (Å²) in [5.74, 6) is 1.62. The molecule has 0 amide bonds. The first-order valence-electron chi connectivity index (χ1n) is 5.63. The zero-order valence-corrected chi connectivity index (χ0v) is 9.77. The monoisotopic (exact) mass is 215 g/mol. The van der Waals surface area contributed by atoms with E-state index in [9.17, 15) is 0 Å². The predicted molar refractivity (Wildman–Crippen MR) is 66.1 cm³/mol. The number of anilines is 2. The van der Waals surface area contributed by atoms with Crippen molar-refractivity contribution in [2.24, 2.45) is 11.8 Å². The Morgan fingerprint density at radius 3 is 2.81 bits per heavy atom. The zero-order valence-electron chi connectivity index (χ0n) is 9.77. The van der Waals surface area contributed by atoms with Gasteiger partial charge in [0.05, 0.1) is 16.9 Å². The minimum Gasteiger partial charge on any atom is -0.396 e. The summed E-state index contributed by atoms with van der Waals surface area (Å²) < 4.78 is 0. The first kappa shape index (κ1) is 10.8. The van der Waals surface area contributed by atoms with E-state index in [1.54, 1.807) is 6.07 Å². The molecule has 84 valence electrons. The molecule has 2 atom stereocenters. The maximum absolute atomic E-state index is 8.91. The lowest BCUT2D eigenvalue weighted by atomic mass is 10.1. The van der Waals surface area contributed by atoms with Crippen molar-refractivity contribution in [2.75, 3.05) is 24.2 Å². The highest BCUT2D eigenvalue weighted by molar-refractivity contribution is 5.73. The fraction of sp³-hybridized carbons (Fsp3) is 0.462. The van der Waals surface area contributed by atoms with Gasteiger partial charge in [0.15, 0.2) is 0 Å². The number of nitrogens with zero attached hydrogens (tertiary/aromatic N) is 2. The van der Waals surface area contributed by atoms with Crippen molar-refractivity contribution in [1.29, 1.82) is 5.26 Å². The van der Waals surface area contributed by atoms with Crippen LogP contribution in [0.3, 0.4) is 0 Å². The standard InChI is InChI=1S/C13H17N3/c1-9-6-11(9)8-16(2)12-5-3-4-10(7-14)13(12)15/h3-5,9,11H,6,8,15H2,1-2H3. The maximum Gasteiger partial charge on any atom is 0.101 e. The Labute approximate surface area is 96.5 Å². The molecule has 1 aromatic rings. The Morgan fingerprint density at radius 1 is 1.56 bits per heavy atom. The maximum atomic E-state index is 8.91. The second-order valence-corrected chi connectivity index (χ2v) is 4.70. The van der Waals surface area contributed by atoms with E-state index in [4.69, 9.17) is 11.0 Å². The molecular formula is C13H17N3. The van der Waals surface area contributed by atoms with Crippen molar-refractivity contribution in [2.45, 2.75) is 13.3 Å². The molecule has 0 aliphatic heterocycles. The molecule has 1 saturated carbocycles. The Hall–Kier alpha value is -1.69. The molecule has 0 aromatic heterocycles. The lowest BCUT2D eigenvalue weighted by Gasteiger charge is -2.21. The van der Waals surface area contributed by atoms with E-state index in [1.807, 2.05) is 19.2 Å². The van der Waals surface area contributed by atoms with Crippen molar-refractivity contribution >= 4 is 11.4 Å². The lowest BCUT2D eigenvalue weighted by molar-refractivity contribution is 0.726. The van der Waals surface area contributed by atoms with Gasteiger partial charge < -0.3 is 10.6 Å². The molecule has 2 rings (SSSR count). The molecule has 3 nitrogen and oxygen atoms in total. The summed E-state index contributed by atoms with van der Waals surface area (Å²) in [5.41, 5.74) is 8.09. The van der Waals surface area contributed by atoms with Crippen molar-refractivity contribution in [3.63, 3.8) is 0 Å². The average molecular weight is 215 g/mol. The third-order valence-corrected chi connectivity index (χ3v) is 3.40. The van der Waals surface area contributed by atoms with Gasteiger partial charge >= 0.3 is 0 Å². The van der Waals surface area contributed by atoms with Crippen molar-refractivity contribution in [3.8, 4) is 6.07 Å². The van der Waals surface area contributed by atoms with Gasteiger partial charge in [-0.05, 0) is 30.4 Å². The summed E-state index contributed by atoms with van der Waals surface area (Å²) in [6, 6.07) is 7.73. The van der Waals surface area contributed by atoms with Gasteiger partial charge in [0.1, 0.15) is 6.07 Å². The number of benzene rings is 1. The summed E-state index contributed by atoms with van der Waals surface area (Å²) in [7, 11) is 2.04. The van der Waals surface area contributed by atoms with Crippen LogP contribution in [0.25, 0.3) is 0 Å². The number of rotatable bonds is 3. The fourth-order valence-electron chi connectivity index (χ4n) is 2.09. The minimum atomic E-state index is 0.563. The van der Waals surface area contributed by atoms with Crippen LogP contribution in [0.5, 0.6) is 0 Å². The SMILES string of the molecule is CC1CC1CN(C)c1cccc(C#N)c1N. The van der Waals surface area contributed by atoms with E-state index < -0.39 is 0 Å². The van der Waals surface area contributed by atoms with Crippen LogP contribution >= 0.6 is 0 Å². The van der Waals surface area contributed by atoms with E-state index in [2.05, 4.69) is 17.9 Å². The second kappa shape index (κ2) is 4.05. The predicted octanol–water partition coefficient (Wildman–Crippen LogP) is 2.23. The van der Waals surface area contributed by atoms with Crippen LogP contribution in [-0.4, -0.2) is 13.6 Å². The highest BCUT2D eigenvalue weighted by atomic mass is 15.1. The number of hydrogen-bond donors (Lipinski definition) is 1. The highest BCUT2D eigenvalue weighted by Crippen LogP contribution is 2.39. The van der Waals surface area contributed by atoms with Gasteiger partial charge in [-0.25, -0.2) is 0 Å². The van der Waals surface area contributed by atoms with Crippen molar-refractivity contribution in [3.05, 3.63) is 23.8 Å². The Bertz CT molecular complexity index is 433. The van der Waals surface area contributed by atoms with Crippen LogP contribution in [0.1, 0.15) is 18.9 Å². The zero-order chi connectivity index (χ0) is 11.7. The van der Waals surface area contributed by atoms with E-state index in [-0.39, 0.29) is 0 Å². The first-order valence-corrected chi connectivity index (χ1v) is 5.63. The number of nitrogen functional groups attached to an aromatic ring is 1. The van der Waals surface area contributed by atoms with Gasteiger partial charge in [0, 0.05) is 13.6 Å². The number of hydrogen-bond acceptors (Lipinski definition) is 3. The highest BCUT2D eigenvalue weighted by Gasteiger charge is 2.33. The summed E-state index contributed by atoms with van der Waals surface area (Å²) in [4.78, 5) is 2.16. The summed E-state index contributed by atoms with van der Waals surface area (Å²) >= 11 is 0. The molecule has 0 spiro atoms. The molecule has 0 saturated heterocycles. The van der Waals surface area contributed by atoms with Crippen molar-refractivity contribution < 1.29 is 0 Å². The summed E-state index contributed by atoms with van der Waals surface area (Å²) in [5, 5.41) is 8.91. The third-order valence-electron chi connectivity index (χ3n) is 3.40. The Kier molecular flexibility index (Phi) is 2.74. The molecule has 0 radical (unpaired) electrons. The van der Waals surface area contributed by atoms with Crippen LogP contribution in [-0.2, 0) is 0 Å². The Balaban J connectivity index is 2.16. The second-order valence-electron chi connectivity index (χ2n) is 4.70. The molecule has 0 bridgehead atoms. The van der Waals surface area contributed by atoms with E-state index in [0.29, 0.717) is 11.3 Å². The quantitative estimate of drug-likeness (QED) is 0.787. The van der Waals surface area contributed by atoms with Crippen LogP contribution in [0.15, 0.2) is 18.2 Å². The Morgan fingerprint density at radius 2 is 2.25 bits per heavy atom. The van der Waals surface area contributed by atoms with Crippen LogP contribution in [0.2, 0.25) is 0 Å². The molecule has 1 aliphatic rings. The molecule has 2 unspecified atom stereocenters. The van der Waals surface area contributed by atoms with E-state index in [0.717, 1.165) is 24.1 Å². The molecule has 0 heterocycles. The normalized spacial score (nSPS) is 22.6. The molecular weight excluding hydrogens is 198 g/mol. The van der Waals surface area contributed by atoms with Gasteiger partial charge in [0.2, 0.25) is 0 Å². The average Bonchev–Trinajstić information content (AvgIpc) is 2.94. The largest absolute Gasteiger partial charge is 0.396 e. The fourth-order valence-corrected chi connectivity index (χ4v) is 2.09. The smallest absolute Gasteiger partial charge is 0.101 e. The molecule has 1 fully saturated rings. The number of nitriles is 1. The topological polar surface area (TPSA) is 53.0 Å². The lowest BCUT2D eigenvalue weighted by Crippen LogP contribution is -2.21. The third kappa shape index (κ3) is 1.96. The van der Waals surface area contributed by atoms with Gasteiger partial charge in [-0.15, -0.1) is 0 Å². The summed E-state index contributed by atoms with van der Waals surface area (Å²) in [6.07, 6.45) is 1.31. The van der Waals surface area contributed by atoms with E-state index in [1.165, 1.54) is 6.42 Å². The number of para-hydroxylation sites is 1. The van der Waals surface area contributed by atoms with Gasteiger partial charge in [0.25, 0.3) is 0 Å². The first-order chi connectivity index (χ1) is 7.63. The summed E-state index contributed by atoms with van der Waals surface area (Å²) in [6.45, 7) is 3.30.